The zero-order valence-corrected chi connectivity index (χ0v) is 11.2. The average Bonchev–Trinajstić information content (AvgIpc) is 2.38. The van der Waals surface area contributed by atoms with E-state index >= 15 is 0 Å². The van der Waals surface area contributed by atoms with Gasteiger partial charge in [0.25, 0.3) is 0 Å². The molecule has 0 amide bonds. The van der Waals surface area contributed by atoms with Crippen molar-refractivity contribution < 1.29 is 9.47 Å². The van der Waals surface area contributed by atoms with Gasteiger partial charge in [0.2, 0.25) is 0 Å². The van der Waals surface area contributed by atoms with E-state index in [1.165, 1.54) is 6.42 Å². The minimum atomic E-state index is 0.160. The fourth-order valence-corrected chi connectivity index (χ4v) is 2.08. The maximum atomic E-state index is 5.73. The molecule has 100 valence electrons. The van der Waals surface area contributed by atoms with Gasteiger partial charge in [0, 0.05) is 19.3 Å². The van der Waals surface area contributed by atoms with Crippen LogP contribution in [0.1, 0.15) is 26.7 Å². The average molecular weight is 250 g/mol. The highest BCUT2D eigenvalue weighted by atomic mass is 16.5. The molecule has 0 spiro atoms. The Morgan fingerprint density at radius 2 is 2.44 bits per heavy atom. The van der Waals surface area contributed by atoms with Gasteiger partial charge in [-0.25, -0.2) is 4.98 Å². The third kappa shape index (κ3) is 3.88. The molecule has 1 unspecified atom stereocenters. The predicted octanol–water partition coefficient (Wildman–Crippen LogP) is 2.71. The van der Waals surface area contributed by atoms with Gasteiger partial charge in [0.1, 0.15) is 0 Å². The van der Waals surface area contributed by atoms with E-state index < -0.39 is 0 Å². The number of nitrogens with one attached hydrogen (secondary N) is 1. The van der Waals surface area contributed by atoms with E-state index in [0.29, 0.717) is 5.92 Å². The molecule has 4 heteroatoms. The zero-order valence-electron chi connectivity index (χ0n) is 11.2. The summed E-state index contributed by atoms with van der Waals surface area (Å²) in [6, 6.07) is 3.85. The van der Waals surface area contributed by atoms with Crippen LogP contribution in [0.3, 0.4) is 0 Å². The van der Waals surface area contributed by atoms with Crippen LogP contribution in [0.5, 0.6) is 5.75 Å². The Morgan fingerprint density at radius 3 is 3.17 bits per heavy atom. The number of aromatic nitrogens is 1. The van der Waals surface area contributed by atoms with E-state index in [1.54, 1.807) is 6.20 Å². The second-order valence-electron chi connectivity index (χ2n) is 4.98. The van der Waals surface area contributed by atoms with E-state index in [0.717, 1.165) is 37.7 Å². The van der Waals surface area contributed by atoms with Gasteiger partial charge in [-0.05, 0) is 44.7 Å². The van der Waals surface area contributed by atoms with Crippen LogP contribution in [0.15, 0.2) is 18.3 Å². The summed E-state index contributed by atoms with van der Waals surface area (Å²) >= 11 is 0. The molecule has 1 aliphatic heterocycles. The van der Waals surface area contributed by atoms with Crippen LogP contribution in [-0.4, -0.2) is 30.8 Å². The molecule has 1 atom stereocenters. The Morgan fingerprint density at radius 1 is 1.56 bits per heavy atom. The molecule has 0 bridgehead atoms. The highest BCUT2D eigenvalue weighted by molar-refractivity contribution is 5.49. The molecule has 0 saturated carbocycles. The largest absolute Gasteiger partial charge is 0.487 e. The van der Waals surface area contributed by atoms with Gasteiger partial charge in [-0.15, -0.1) is 0 Å². The summed E-state index contributed by atoms with van der Waals surface area (Å²) in [5, 5.41) is 3.37. The summed E-state index contributed by atoms with van der Waals surface area (Å²) in [7, 11) is 0. The first-order valence-electron chi connectivity index (χ1n) is 6.69. The Kier molecular flexibility index (Phi) is 4.81. The molecule has 1 saturated heterocycles. The third-order valence-electron chi connectivity index (χ3n) is 2.95. The molecule has 1 N–H and O–H groups in total. The molecule has 1 aromatic rings. The first kappa shape index (κ1) is 13.1. The summed E-state index contributed by atoms with van der Waals surface area (Å²) < 4.78 is 11.2. The maximum Gasteiger partial charge on any atom is 0.168 e. The lowest BCUT2D eigenvalue weighted by atomic mass is 10.0. The topological polar surface area (TPSA) is 43.4 Å². The smallest absolute Gasteiger partial charge is 0.168 e. The standard InChI is InChI=1S/C14H22N2O2/c1-11(2)18-13-6-3-7-15-14(13)16-9-12-5-4-8-17-10-12/h3,6-7,11-12H,4-5,8-10H2,1-2H3,(H,15,16). The Balaban J connectivity index is 1.91. The van der Waals surface area contributed by atoms with Crippen LogP contribution >= 0.6 is 0 Å². The van der Waals surface area contributed by atoms with Crippen LogP contribution in [0, 0.1) is 5.92 Å². The number of ether oxygens (including phenoxy) is 2. The zero-order chi connectivity index (χ0) is 12.8. The van der Waals surface area contributed by atoms with Crippen molar-refractivity contribution in [1.82, 2.24) is 4.98 Å². The maximum absolute atomic E-state index is 5.73. The van der Waals surface area contributed by atoms with Gasteiger partial charge in [-0.2, -0.15) is 0 Å². The van der Waals surface area contributed by atoms with Gasteiger partial charge < -0.3 is 14.8 Å². The van der Waals surface area contributed by atoms with E-state index in [9.17, 15) is 0 Å². The molecule has 1 fully saturated rings. The number of nitrogens with zero attached hydrogens (tertiary/aromatic N) is 1. The van der Waals surface area contributed by atoms with Crippen molar-refractivity contribution in [3.8, 4) is 5.75 Å². The SMILES string of the molecule is CC(C)Oc1cccnc1NCC1CCCOC1. The van der Waals surface area contributed by atoms with Crippen molar-refractivity contribution >= 4 is 5.82 Å². The monoisotopic (exact) mass is 250 g/mol. The Labute approximate surface area is 109 Å². The fraction of sp³-hybridized carbons (Fsp3) is 0.643. The second kappa shape index (κ2) is 6.59. The summed E-state index contributed by atoms with van der Waals surface area (Å²) in [4.78, 5) is 4.34. The first-order valence-corrected chi connectivity index (χ1v) is 6.69. The molecule has 18 heavy (non-hydrogen) atoms. The van der Waals surface area contributed by atoms with Crippen LogP contribution in [-0.2, 0) is 4.74 Å². The van der Waals surface area contributed by atoms with E-state index in [4.69, 9.17) is 9.47 Å². The summed E-state index contributed by atoms with van der Waals surface area (Å²) in [5.74, 6) is 2.23. The first-order chi connectivity index (χ1) is 8.75. The van der Waals surface area contributed by atoms with Crippen LogP contribution < -0.4 is 10.1 Å². The predicted molar refractivity (Wildman–Crippen MR) is 72.0 cm³/mol. The van der Waals surface area contributed by atoms with Gasteiger partial charge >= 0.3 is 0 Å². The van der Waals surface area contributed by atoms with Crippen molar-refractivity contribution in [2.24, 2.45) is 5.92 Å². The molecule has 1 aromatic heterocycles. The molecule has 0 aliphatic carbocycles. The lowest BCUT2D eigenvalue weighted by Crippen LogP contribution is -2.24. The summed E-state index contributed by atoms with van der Waals surface area (Å²) in [5.41, 5.74) is 0. The van der Waals surface area contributed by atoms with E-state index in [-0.39, 0.29) is 6.10 Å². The minimum absolute atomic E-state index is 0.160. The van der Waals surface area contributed by atoms with Gasteiger partial charge in [-0.3, -0.25) is 0 Å². The molecule has 0 radical (unpaired) electrons. The Bertz CT molecular complexity index is 363. The van der Waals surface area contributed by atoms with Crippen molar-refractivity contribution in [3.05, 3.63) is 18.3 Å². The molecule has 4 nitrogen and oxygen atoms in total. The van der Waals surface area contributed by atoms with Crippen molar-refractivity contribution in [2.75, 3.05) is 25.1 Å². The normalized spacial score (nSPS) is 19.8. The lowest BCUT2D eigenvalue weighted by Gasteiger charge is -2.23. The number of hydrogen-bond donors (Lipinski definition) is 1. The second-order valence-corrected chi connectivity index (χ2v) is 4.98. The molecule has 1 aliphatic rings. The lowest BCUT2D eigenvalue weighted by molar-refractivity contribution is 0.0594. The number of anilines is 1. The van der Waals surface area contributed by atoms with E-state index in [1.807, 2.05) is 26.0 Å². The third-order valence-corrected chi connectivity index (χ3v) is 2.95. The molecular weight excluding hydrogens is 228 g/mol. The number of pyridine rings is 1. The highest BCUT2D eigenvalue weighted by Gasteiger charge is 2.14. The van der Waals surface area contributed by atoms with Crippen molar-refractivity contribution in [2.45, 2.75) is 32.8 Å². The molecule has 0 aromatic carbocycles. The molecule has 2 rings (SSSR count). The molecular formula is C14H22N2O2. The fourth-order valence-electron chi connectivity index (χ4n) is 2.08. The van der Waals surface area contributed by atoms with Crippen molar-refractivity contribution in [3.63, 3.8) is 0 Å². The Hall–Kier alpha value is -1.29. The summed E-state index contributed by atoms with van der Waals surface area (Å²) in [6.45, 7) is 6.69. The van der Waals surface area contributed by atoms with Crippen molar-refractivity contribution in [1.29, 1.82) is 0 Å². The van der Waals surface area contributed by atoms with Gasteiger partial charge in [-0.1, -0.05) is 0 Å². The van der Waals surface area contributed by atoms with Crippen LogP contribution in [0.4, 0.5) is 5.82 Å². The quantitative estimate of drug-likeness (QED) is 0.872. The van der Waals surface area contributed by atoms with Crippen LogP contribution in [0.25, 0.3) is 0 Å². The van der Waals surface area contributed by atoms with Gasteiger partial charge in [0.05, 0.1) is 12.7 Å². The van der Waals surface area contributed by atoms with Crippen LogP contribution in [0.2, 0.25) is 0 Å². The molecule has 2 heterocycles. The minimum Gasteiger partial charge on any atom is -0.487 e. The van der Waals surface area contributed by atoms with E-state index in [2.05, 4.69) is 10.3 Å². The summed E-state index contributed by atoms with van der Waals surface area (Å²) in [6.07, 6.45) is 4.32. The number of hydrogen-bond acceptors (Lipinski definition) is 4. The van der Waals surface area contributed by atoms with Gasteiger partial charge in [0.15, 0.2) is 11.6 Å². The number of rotatable bonds is 5. The highest BCUT2D eigenvalue weighted by Crippen LogP contribution is 2.23.